The van der Waals surface area contributed by atoms with Crippen molar-refractivity contribution in [3.63, 3.8) is 0 Å². The number of hydrogen-bond acceptors (Lipinski definition) is 2. The quantitative estimate of drug-likeness (QED) is 0.332. The molecule has 0 aromatic heterocycles. The van der Waals surface area contributed by atoms with E-state index in [4.69, 9.17) is 5.63 Å². The molecule has 0 atom stereocenters. The molecule has 0 unspecified atom stereocenters. The van der Waals surface area contributed by atoms with E-state index in [1.54, 1.807) is 0 Å². The number of allylic oxidation sites excluding steroid dienone is 8. The van der Waals surface area contributed by atoms with Gasteiger partial charge in [-0.3, -0.25) is 0 Å². The molecule has 0 saturated heterocycles. The molecule has 0 radical (unpaired) electrons. The van der Waals surface area contributed by atoms with E-state index >= 15 is 0 Å². The monoisotopic (exact) mass is 550 g/mol. The van der Waals surface area contributed by atoms with E-state index in [1.807, 2.05) is 0 Å². The summed E-state index contributed by atoms with van der Waals surface area (Å²) in [5, 5.41) is 2.83. The van der Waals surface area contributed by atoms with Crippen molar-refractivity contribution in [1.29, 1.82) is 0 Å². The molecule has 0 amide bonds. The van der Waals surface area contributed by atoms with Crippen molar-refractivity contribution in [2.75, 3.05) is 0 Å². The van der Waals surface area contributed by atoms with Gasteiger partial charge in [-0.1, -0.05) is 0 Å². The second kappa shape index (κ2) is 9.52. The Labute approximate surface area is 207 Å². The van der Waals surface area contributed by atoms with Gasteiger partial charge < -0.3 is 0 Å². The van der Waals surface area contributed by atoms with Crippen molar-refractivity contribution in [1.82, 2.24) is 0 Å². The Balaban J connectivity index is 1.81. The summed E-state index contributed by atoms with van der Waals surface area (Å²) in [5.41, 5.74) is 0. The summed E-state index contributed by atoms with van der Waals surface area (Å²) >= 11 is -3.96. The molecule has 2 aromatic rings. The van der Waals surface area contributed by atoms with E-state index in [0.29, 0.717) is 0 Å². The minimum absolute atomic E-state index is 0.912. The van der Waals surface area contributed by atoms with Gasteiger partial charge in [-0.25, -0.2) is 0 Å². The molecule has 2 nitrogen and oxygen atoms in total. The molecule has 0 spiro atoms. The second-order valence-electron chi connectivity index (χ2n) is 11.0. The minimum atomic E-state index is -3.96. The van der Waals surface area contributed by atoms with Crippen LogP contribution in [-0.2, 0) is 21.1 Å². The van der Waals surface area contributed by atoms with Gasteiger partial charge in [-0.2, -0.15) is 0 Å². The molecular weight excluding hydrogens is 516 g/mol. The van der Waals surface area contributed by atoms with Crippen LogP contribution in [0.3, 0.4) is 0 Å². The maximum absolute atomic E-state index is 7.14. The van der Waals surface area contributed by atoms with Crippen molar-refractivity contribution in [2.24, 2.45) is 0 Å². The van der Waals surface area contributed by atoms with E-state index in [2.05, 4.69) is 124 Å². The van der Waals surface area contributed by atoms with Crippen molar-refractivity contribution >= 4 is 26.5 Å². The normalized spacial score (nSPS) is 16.1. The van der Waals surface area contributed by atoms with Crippen LogP contribution in [0.2, 0.25) is 39.3 Å². The van der Waals surface area contributed by atoms with Crippen molar-refractivity contribution in [3.05, 3.63) is 91.5 Å². The Morgan fingerprint density at radius 1 is 0.636 bits per heavy atom. The van der Waals surface area contributed by atoms with Crippen LogP contribution in [0.15, 0.2) is 91.5 Å². The van der Waals surface area contributed by atoms with Crippen molar-refractivity contribution in [3.8, 4) is 11.5 Å². The molecule has 5 heteroatoms. The van der Waals surface area contributed by atoms with E-state index in [1.165, 1.54) is 16.9 Å². The summed E-state index contributed by atoms with van der Waals surface area (Å²) in [6, 6.07) is 17.6. The van der Waals surface area contributed by atoms with Crippen molar-refractivity contribution < 1.29 is 26.8 Å². The van der Waals surface area contributed by atoms with Gasteiger partial charge in [-0.15, -0.1) is 0 Å². The van der Waals surface area contributed by atoms with Crippen molar-refractivity contribution in [2.45, 2.75) is 52.1 Å². The van der Waals surface area contributed by atoms with E-state index in [9.17, 15) is 0 Å². The summed E-state index contributed by atoms with van der Waals surface area (Å²) in [6.45, 7) is 14.3. The van der Waals surface area contributed by atoms with Crippen LogP contribution in [0.5, 0.6) is 11.5 Å². The van der Waals surface area contributed by atoms with E-state index in [-0.39, 0.29) is 0 Å². The third-order valence-corrected chi connectivity index (χ3v) is 18.9. The fourth-order valence-electron chi connectivity index (χ4n) is 4.26. The zero-order valence-corrected chi connectivity index (χ0v) is 25.3. The standard InChI is InChI=1S/2C9H14OSi.2C5H5.Zr/c2*1-11(2,3)9-6-4-5-8(10)7-9;2*1-2-4-5-3-1;/h2*4-7,10H,1-3H3;2*1-3H,4H2;/q;;;;+2/p-2. The van der Waals surface area contributed by atoms with Crippen LogP contribution < -0.4 is 16.0 Å². The van der Waals surface area contributed by atoms with Gasteiger partial charge in [0.25, 0.3) is 0 Å². The maximum atomic E-state index is 7.14. The molecule has 0 aliphatic heterocycles. The van der Waals surface area contributed by atoms with Crippen LogP contribution in [0.25, 0.3) is 0 Å². The van der Waals surface area contributed by atoms with E-state index in [0.717, 1.165) is 24.3 Å². The Morgan fingerprint density at radius 2 is 1.06 bits per heavy atom. The average molecular weight is 552 g/mol. The molecule has 0 heterocycles. The van der Waals surface area contributed by atoms with Crippen LogP contribution in [0.1, 0.15) is 12.8 Å². The zero-order valence-electron chi connectivity index (χ0n) is 20.8. The molecule has 0 fully saturated rings. The first-order chi connectivity index (χ1) is 15.6. The Morgan fingerprint density at radius 3 is 1.39 bits per heavy atom. The van der Waals surface area contributed by atoms with Gasteiger partial charge in [0.05, 0.1) is 0 Å². The van der Waals surface area contributed by atoms with Gasteiger partial charge >= 0.3 is 208 Å². The molecule has 4 rings (SSSR count). The van der Waals surface area contributed by atoms with Gasteiger partial charge in [0.1, 0.15) is 0 Å². The predicted octanol–water partition coefficient (Wildman–Crippen LogP) is 6.91. The first kappa shape index (κ1) is 24.4. The Bertz CT molecular complexity index is 1060. The first-order valence-corrected chi connectivity index (χ1v) is 23.4. The molecule has 2 aliphatic rings. The molecule has 2 aromatic carbocycles. The fourth-order valence-corrected chi connectivity index (χ4v) is 14.7. The molecule has 0 N–H and O–H groups in total. The molecule has 0 saturated carbocycles. The van der Waals surface area contributed by atoms with Crippen LogP contribution in [0.4, 0.5) is 0 Å². The average Bonchev–Trinajstić information content (AvgIpc) is 3.47. The number of rotatable bonds is 8. The molecule has 33 heavy (non-hydrogen) atoms. The summed E-state index contributed by atoms with van der Waals surface area (Å²) in [7, 11) is -2.90. The SMILES string of the molecule is C[Si](C)(C)c1cccc([O][Zr]([O]c2cccc([Si](C)(C)C)c2)([C]2=CC=CC2)[C]2=CC=CC2)c1. The zero-order chi connectivity index (χ0) is 23.7. The Hall–Kier alpha value is -1.68. The summed E-state index contributed by atoms with van der Waals surface area (Å²) in [4.78, 5) is 0. The predicted molar refractivity (Wildman–Crippen MR) is 144 cm³/mol. The van der Waals surface area contributed by atoms with Gasteiger partial charge in [0.15, 0.2) is 0 Å². The van der Waals surface area contributed by atoms with E-state index < -0.39 is 37.3 Å². The molecule has 172 valence electrons. The van der Waals surface area contributed by atoms with Crippen LogP contribution in [-0.4, -0.2) is 16.1 Å². The van der Waals surface area contributed by atoms with Gasteiger partial charge in [0.2, 0.25) is 0 Å². The van der Waals surface area contributed by atoms with Crippen LogP contribution in [0, 0.1) is 0 Å². The van der Waals surface area contributed by atoms with Gasteiger partial charge in [0, 0.05) is 0 Å². The summed E-state index contributed by atoms with van der Waals surface area (Å²) in [5.74, 6) is 1.90. The van der Waals surface area contributed by atoms with Crippen LogP contribution >= 0.6 is 0 Å². The summed E-state index contributed by atoms with van der Waals surface area (Å²) < 4.78 is 17.0. The summed E-state index contributed by atoms with van der Waals surface area (Å²) in [6.07, 6.45) is 15.1. The third-order valence-electron chi connectivity index (χ3n) is 6.31. The third kappa shape index (κ3) is 5.53. The first-order valence-electron chi connectivity index (χ1n) is 11.9. The second-order valence-corrected chi connectivity index (χ2v) is 28.4. The molecule has 0 bridgehead atoms. The molecule has 2 aliphatic carbocycles. The molecular formula is C28H36O2Si2Zr. The fraction of sp³-hybridized carbons (Fsp3) is 0.286. The Kier molecular flexibility index (Phi) is 7.05. The number of benzene rings is 2. The number of hydrogen-bond donors (Lipinski definition) is 0. The topological polar surface area (TPSA) is 18.5 Å². The van der Waals surface area contributed by atoms with Gasteiger partial charge in [-0.05, 0) is 0 Å².